The van der Waals surface area contributed by atoms with Crippen LogP contribution in [0.1, 0.15) is 17.3 Å². The molecule has 0 bridgehead atoms. The molecule has 0 unspecified atom stereocenters. The van der Waals surface area contributed by atoms with Gasteiger partial charge in [-0.1, -0.05) is 12.1 Å². The summed E-state index contributed by atoms with van der Waals surface area (Å²) in [6.45, 7) is 1.49. The van der Waals surface area contributed by atoms with Crippen LogP contribution in [0.2, 0.25) is 0 Å². The maximum Gasteiger partial charge on any atom is 0.340 e. The predicted octanol–water partition coefficient (Wildman–Crippen LogP) is 3.04. The Hall–Kier alpha value is -2.41. The van der Waals surface area contributed by atoms with E-state index < -0.39 is 18.0 Å². The molecule has 7 heteroatoms. The van der Waals surface area contributed by atoms with E-state index in [4.69, 9.17) is 9.47 Å². The molecule has 0 aliphatic rings. The Balaban J connectivity index is 2.01. The highest BCUT2D eigenvalue weighted by Gasteiger charge is 2.20. The highest BCUT2D eigenvalue weighted by Crippen LogP contribution is 2.23. The molecule has 1 N–H and O–H groups in total. The molecule has 1 atom stereocenters. The third-order valence-corrected chi connectivity index (χ3v) is 3.39. The number of nitrogens with zero attached hydrogens (tertiary/aromatic N) is 1. The summed E-state index contributed by atoms with van der Waals surface area (Å²) in [5, 5.41) is 2.66. The van der Waals surface area contributed by atoms with Gasteiger partial charge < -0.3 is 14.8 Å². The van der Waals surface area contributed by atoms with Crippen LogP contribution in [-0.4, -0.2) is 30.1 Å². The molecule has 0 aliphatic carbocycles. The molecule has 1 amide bonds. The van der Waals surface area contributed by atoms with Crippen LogP contribution in [0.4, 0.5) is 5.69 Å². The van der Waals surface area contributed by atoms with Crippen LogP contribution in [0.25, 0.3) is 0 Å². The van der Waals surface area contributed by atoms with Crippen molar-refractivity contribution in [3.63, 3.8) is 0 Å². The number of methoxy groups -OCH3 is 1. The van der Waals surface area contributed by atoms with Gasteiger partial charge in [0.15, 0.2) is 6.10 Å². The third-order valence-electron chi connectivity index (χ3n) is 2.96. The standard InChI is InChI=1S/C16H15BrN2O4/c1-10(23-16(21)11-7-12(17)9-18-8-11)15(20)19-13-5-3-4-6-14(13)22-2/h3-10H,1-2H3,(H,19,20)/t10-/m1/s1. The SMILES string of the molecule is COc1ccccc1NC(=O)[C@@H](C)OC(=O)c1cncc(Br)c1. The van der Waals surface area contributed by atoms with Crippen LogP contribution in [-0.2, 0) is 9.53 Å². The van der Waals surface area contributed by atoms with E-state index in [-0.39, 0.29) is 5.56 Å². The number of nitrogens with one attached hydrogen (secondary N) is 1. The summed E-state index contributed by atoms with van der Waals surface area (Å²) >= 11 is 3.22. The van der Waals surface area contributed by atoms with Crippen molar-refractivity contribution < 1.29 is 19.1 Å². The number of esters is 1. The normalized spacial score (nSPS) is 11.4. The summed E-state index contributed by atoms with van der Waals surface area (Å²) in [6, 6.07) is 8.54. The monoisotopic (exact) mass is 378 g/mol. The molecule has 120 valence electrons. The maximum absolute atomic E-state index is 12.1. The van der Waals surface area contributed by atoms with Crippen LogP contribution >= 0.6 is 15.9 Å². The third kappa shape index (κ3) is 4.53. The Morgan fingerprint density at radius 3 is 2.70 bits per heavy atom. The van der Waals surface area contributed by atoms with Gasteiger partial charge in [-0.25, -0.2) is 4.79 Å². The van der Waals surface area contributed by atoms with Crippen molar-refractivity contribution in [2.75, 3.05) is 12.4 Å². The van der Waals surface area contributed by atoms with Gasteiger partial charge in [0.1, 0.15) is 5.75 Å². The molecule has 23 heavy (non-hydrogen) atoms. The zero-order valence-corrected chi connectivity index (χ0v) is 14.2. The fraction of sp³-hybridized carbons (Fsp3) is 0.188. The number of hydrogen-bond donors (Lipinski definition) is 1. The average Bonchev–Trinajstić information content (AvgIpc) is 2.55. The Bertz CT molecular complexity index is 721. The number of carbonyl (C=O) groups is 2. The summed E-state index contributed by atoms with van der Waals surface area (Å²) in [5.74, 6) is -0.553. The smallest absolute Gasteiger partial charge is 0.340 e. The van der Waals surface area contributed by atoms with E-state index in [0.717, 1.165) is 0 Å². The van der Waals surface area contributed by atoms with Crippen LogP contribution in [0.5, 0.6) is 5.75 Å². The zero-order chi connectivity index (χ0) is 16.8. The molecule has 1 aromatic carbocycles. The lowest BCUT2D eigenvalue weighted by atomic mass is 10.2. The molecule has 0 spiro atoms. The van der Waals surface area contributed by atoms with Gasteiger partial charge in [0.25, 0.3) is 5.91 Å². The largest absolute Gasteiger partial charge is 0.495 e. The minimum atomic E-state index is -0.966. The molecule has 0 radical (unpaired) electrons. The number of pyridine rings is 1. The quantitative estimate of drug-likeness (QED) is 0.809. The fourth-order valence-corrected chi connectivity index (χ4v) is 2.15. The lowest BCUT2D eigenvalue weighted by molar-refractivity contribution is -0.123. The van der Waals surface area contributed by atoms with E-state index in [1.165, 1.54) is 20.2 Å². The Kier molecular flexibility index (Phi) is 5.70. The molecular formula is C16H15BrN2O4. The molecule has 0 saturated heterocycles. The first-order chi connectivity index (χ1) is 11.0. The second-order valence-electron chi connectivity index (χ2n) is 4.63. The van der Waals surface area contributed by atoms with Crippen LogP contribution in [0, 0.1) is 0 Å². The van der Waals surface area contributed by atoms with E-state index in [2.05, 4.69) is 26.2 Å². The molecular weight excluding hydrogens is 364 g/mol. The van der Waals surface area contributed by atoms with Crippen LogP contribution < -0.4 is 10.1 Å². The molecule has 0 fully saturated rings. The molecule has 6 nitrogen and oxygen atoms in total. The number of halogens is 1. The summed E-state index contributed by atoms with van der Waals surface area (Å²) in [7, 11) is 1.51. The first-order valence-corrected chi connectivity index (χ1v) is 7.56. The summed E-state index contributed by atoms with van der Waals surface area (Å²) < 4.78 is 11.0. The lowest BCUT2D eigenvalue weighted by Crippen LogP contribution is -2.30. The number of rotatable bonds is 5. The number of ether oxygens (including phenoxy) is 2. The molecule has 0 aliphatic heterocycles. The highest BCUT2D eigenvalue weighted by atomic mass is 79.9. The van der Waals surface area contributed by atoms with Crippen LogP contribution in [0.3, 0.4) is 0 Å². The number of benzene rings is 1. The number of aromatic nitrogens is 1. The van der Waals surface area contributed by atoms with E-state index in [0.29, 0.717) is 15.9 Å². The summed E-state index contributed by atoms with van der Waals surface area (Å²) in [5.41, 5.74) is 0.767. The molecule has 1 aromatic heterocycles. The molecule has 0 saturated carbocycles. The zero-order valence-electron chi connectivity index (χ0n) is 12.6. The van der Waals surface area contributed by atoms with E-state index >= 15 is 0 Å². The van der Waals surface area contributed by atoms with Crippen molar-refractivity contribution in [1.29, 1.82) is 0 Å². The van der Waals surface area contributed by atoms with Crippen molar-refractivity contribution in [3.8, 4) is 5.75 Å². The molecule has 2 rings (SSSR count). The van der Waals surface area contributed by atoms with Crippen molar-refractivity contribution in [2.45, 2.75) is 13.0 Å². The summed E-state index contributed by atoms with van der Waals surface area (Å²) in [6.07, 6.45) is 1.96. The number of amides is 1. The lowest BCUT2D eigenvalue weighted by Gasteiger charge is -2.15. The highest BCUT2D eigenvalue weighted by molar-refractivity contribution is 9.10. The molecule has 1 heterocycles. The van der Waals surface area contributed by atoms with Gasteiger partial charge in [0, 0.05) is 16.9 Å². The van der Waals surface area contributed by atoms with Gasteiger partial charge in [0.05, 0.1) is 18.4 Å². The van der Waals surface area contributed by atoms with E-state index in [1.54, 1.807) is 36.5 Å². The fourth-order valence-electron chi connectivity index (χ4n) is 1.79. The first kappa shape index (κ1) is 17.0. The first-order valence-electron chi connectivity index (χ1n) is 6.76. The van der Waals surface area contributed by atoms with E-state index in [9.17, 15) is 9.59 Å². The summed E-state index contributed by atoms with van der Waals surface area (Å²) in [4.78, 5) is 28.0. The number of hydrogen-bond acceptors (Lipinski definition) is 5. The van der Waals surface area contributed by atoms with Gasteiger partial charge >= 0.3 is 5.97 Å². The van der Waals surface area contributed by atoms with Gasteiger partial charge in [0.2, 0.25) is 0 Å². The van der Waals surface area contributed by atoms with Crippen molar-refractivity contribution >= 4 is 33.5 Å². The predicted molar refractivity (Wildman–Crippen MR) is 88.4 cm³/mol. The number of anilines is 1. The molecule has 2 aromatic rings. The second kappa shape index (κ2) is 7.73. The number of para-hydroxylation sites is 2. The Morgan fingerprint density at radius 2 is 2.00 bits per heavy atom. The van der Waals surface area contributed by atoms with Crippen molar-refractivity contribution in [2.24, 2.45) is 0 Å². The second-order valence-corrected chi connectivity index (χ2v) is 5.54. The number of carbonyl (C=O) groups excluding carboxylic acids is 2. The van der Waals surface area contributed by atoms with Gasteiger partial charge in [-0.2, -0.15) is 0 Å². The van der Waals surface area contributed by atoms with E-state index in [1.807, 2.05) is 0 Å². The maximum atomic E-state index is 12.1. The van der Waals surface area contributed by atoms with Gasteiger partial charge in [-0.15, -0.1) is 0 Å². The minimum absolute atomic E-state index is 0.260. The van der Waals surface area contributed by atoms with Crippen molar-refractivity contribution in [1.82, 2.24) is 4.98 Å². The average molecular weight is 379 g/mol. The van der Waals surface area contributed by atoms with Gasteiger partial charge in [-0.05, 0) is 41.1 Å². The Morgan fingerprint density at radius 1 is 1.26 bits per heavy atom. The van der Waals surface area contributed by atoms with Gasteiger partial charge in [-0.3, -0.25) is 9.78 Å². The topological polar surface area (TPSA) is 77.5 Å². The van der Waals surface area contributed by atoms with Crippen LogP contribution in [0.15, 0.2) is 47.2 Å². The van der Waals surface area contributed by atoms with Crippen molar-refractivity contribution in [3.05, 3.63) is 52.8 Å². The minimum Gasteiger partial charge on any atom is -0.495 e. The Labute approximate surface area is 142 Å².